The SMILES string of the molecule is C#CC/C=C(\C=C/CC)c1ccc(-c2ccccc2)cc1.C=CC(C/C=C\C)c1ccc(N(CCCc2ccccc2)c2ccc(-c3ccc(C)cc3)cc2)cc1.C=CC=C.CC1C=CC=CC1. The molecule has 7 rings (SSSR count). The summed E-state index contributed by atoms with van der Waals surface area (Å²) in [5, 5.41) is 0. The summed E-state index contributed by atoms with van der Waals surface area (Å²) >= 11 is 0. The van der Waals surface area contributed by atoms with Crippen molar-refractivity contribution in [1.29, 1.82) is 0 Å². The highest BCUT2D eigenvalue weighted by atomic mass is 15.1. The van der Waals surface area contributed by atoms with Crippen molar-refractivity contribution in [2.24, 2.45) is 5.92 Å². The molecular formula is C67H73N. The van der Waals surface area contributed by atoms with E-state index in [2.05, 4.69) is 271 Å². The lowest BCUT2D eigenvalue weighted by atomic mass is 9.95. The van der Waals surface area contributed by atoms with Crippen LogP contribution in [0, 0.1) is 25.2 Å². The molecule has 1 aliphatic rings. The molecule has 1 nitrogen and oxygen atoms in total. The zero-order chi connectivity index (χ0) is 48.6. The number of nitrogens with zero attached hydrogens (tertiary/aromatic N) is 1. The standard InChI is InChI=1S/C35H37N.C21H20.C7H10.C4H6/c1-4-6-14-30(5-2)31-19-23-34(24-20-31)36(27-10-13-29-11-8-7-9-12-29)35-25-21-33(22-26-35)32-17-15-28(3)16-18-32;1-3-5-10-18(11-6-4-2)20-14-16-21(17-15-20)19-12-8-7-9-13-19;1-7-5-3-2-4-6-7;1-3-4-2/h4-9,11-12,15-26,30H,2,10,13-14,27H2,1,3H3;1,6-17H,4-5H2,2H3;2-5,7H,6H2,1H3;3-4H,1-2H2/b6-4-;11-6-,18-10+;;. The van der Waals surface area contributed by atoms with Crippen LogP contribution in [0.15, 0.2) is 250 Å². The molecule has 0 saturated heterocycles. The fraction of sp³-hybridized carbons (Fsp3) is 0.194. The van der Waals surface area contributed by atoms with E-state index in [9.17, 15) is 0 Å². The third-order valence-corrected chi connectivity index (χ3v) is 11.5. The molecule has 2 unspecified atom stereocenters. The average molecular weight is 892 g/mol. The Morgan fingerprint density at radius 2 is 1.26 bits per heavy atom. The summed E-state index contributed by atoms with van der Waals surface area (Å²) in [5.74, 6) is 3.78. The molecule has 0 N–H and O–H groups in total. The number of benzene rings is 6. The first kappa shape index (κ1) is 53.2. The van der Waals surface area contributed by atoms with Gasteiger partial charge in [-0.2, -0.15) is 0 Å². The van der Waals surface area contributed by atoms with Crippen LogP contribution in [0.1, 0.15) is 81.0 Å². The van der Waals surface area contributed by atoms with Gasteiger partial charge < -0.3 is 4.90 Å². The maximum atomic E-state index is 5.36. The molecule has 2 atom stereocenters. The summed E-state index contributed by atoms with van der Waals surface area (Å²) in [7, 11) is 0. The average Bonchev–Trinajstić information content (AvgIpc) is 3.40. The predicted octanol–water partition coefficient (Wildman–Crippen LogP) is 18.9. The molecule has 0 fully saturated rings. The molecular weight excluding hydrogens is 819 g/mol. The van der Waals surface area contributed by atoms with E-state index in [1.165, 1.54) is 67.9 Å². The summed E-state index contributed by atoms with van der Waals surface area (Å²) in [5.41, 5.74) is 13.8. The Labute approximate surface area is 411 Å². The molecule has 0 aliphatic heterocycles. The van der Waals surface area contributed by atoms with Crippen LogP contribution in [-0.2, 0) is 6.42 Å². The Bertz CT molecular complexity index is 2530. The Kier molecular flexibility index (Phi) is 24.7. The molecule has 68 heavy (non-hydrogen) atoms. The maximum absolute atomic E-state index is 5.36. The van der Waals surface area contributed by atoms with E-state index in [1.54, 1.807) is 12.2 Å². The van der Waals surface area contributed by atoms with Crippen LogP contribution in [0.2, 0.25) is 0 Å². The smallest absolute Gasteiger partial charge is 0.0411 e. The van der Waals surface area contributed by atoms with E-state index in [1.807, 2.05) is 6.07 Å². The van der Waals surface area contributed by atoms with Gasteiger partial charge in [0.1, 0.15) is 0 Å². The first-order valence-electron chi connectivity index (χ1n) is 24.2. The normalized spacial score (nSPS) is 13.1. The van der Waals surface area contributed by atoms with Crippen LogP contribution >= 0.6 is 0 Å². The lowest BCUT2D eigenvalue weighted by molar-refractivity contribution is 0.737. The minimum absolute atomic E-state index is 0.343. The molecule has 6 aromatic carbocycles. The second-order valence-corrected chi connectivity index (χ2v) is 16.7. The molecule has 346 valence electrons. The summed E-state index contributed by atoms with van der Waals surface area (Å²) in [6.45, 7) is 20.3. The van der Waals surface area contributed by atoms with Crippen molar-refractivity contribution in [2.75, 3.05) is 11.4 Å². The second kappa shape index (κ2) is 31.5. The molecule has 0 saturated carbocycles. The van der Waals surface area contributed by atoms with Crippen molar-refractivity contribution in [2.45, 2.75) is 72.1 Å². The fourth-order valence-electron chi connectivity index (χ4n) is 7.51. The number of rotatable bonds is 17. The molecule has 0 bridgehead atoms. The molecule has 6 aromatic rings. The van der Waals surface area contributed by atoms with Gasteiger partial charge in [0.25, 0.3) is 0 Å². The van der Waals surface area contributed by atoms with Crippen molar-refractivity contribution < 1.29 is 0 Å². The van der Waals surface area contributed by atoms with Gasteiger partial charge in [0.2, 0.25) is 0 Å². The van der Waals surface area contributed by atoms with Crippen molar-refractivity contribution in [3.05, 3.63) is 273 Å². The Hall–Kier alpha value is -7.40. The molecule has 0 radical (unpaired) electrons. The first-order chi connectivity index (χ1) is 33.3. The van der Waals surface area contributed by atoms with Crippen LogP contribution in [0.5, 0.6) is 0 Å². The topological polar surface area (TPSA) is 3.24 Å². The van der Waals surface area contributed by atoms with Crippen LogP contribution in [0.4, 0.5) is 11.4 Å². The molecule has 0 spiro atoms. The maximum Gasteiger partial charge on any atom is 0.0411 e. The van der Waals surface area contributed by atoms with Crippen LogP contribution in [0.3, 0.4) is 0 Å². The first-order valence-corrected chi connectivity index (χ1v) is 24.2. The Morgan fingerprint density at radius 3 is 1.76 bits per heavy atom. The minimum Gasteiger partial charge on any atom is -0.341 e. The van der Waals surface area contributed by atoms with Crippen LogP contribution in [-0.4, -0.2) is 6.54 Å². The van der Waals surface area contributed by atoms with E-state index in [-0.39, 0.29) is 0 Å². The lowest BCUT2D eigenvalue weighted by Crippen LogP contribution is -2.19. The number of allylic oxidation sites excluding steroid dienone is 13. The Morgan fingerprint density at radius 1 is 0.706 bits per heavy atom. The number of terminal acetylenes is 1. The summed E-state index contributed by atoms with van der Waals surface area (Å²) in [4.78, 5) is 2.44. The number of anilines is 2. The predicted molar refractivity (Wildman–Crippen MR) is 302 cm³/mol. The molecule has 1 heteroatoms. The third-order valence-electron chi connectivity index (χ3n) is 11.5. The van der Waals surface area contributed by atoms with Gasteiger partial charge in [-0.05, 0) is 121 Å². The molecule has 0 aromatic heterocycles. The van der Waals surface area contributed by atoms with E-state index >= 15 is 0 Å². The molecule has 0 heterocycles. The van der Waals surface area contributed by atoms with Gasteiger partial charge in [-0.25, -0.2) is 0 Å². The van der Waals surface area contributed by atoms with Crippen molar-refractivity contribution in [3.8, 4) is 34.6 Å². The zero-order valence-corrected chi connectivity index (χ0v) is 41.2. The van der Waals surface area contributed by atoms with Gasteiger partial charge in [0, 0.05) is 30.3 Å². The lowest BCUT2D eigenvalue weighted by Gasteiger charge is -2.26. The van der Waals surface area contributed by atoms with Gasteiger partial charge >= 0.3 is 0 Å². The highest BCUT2D eigenvalue weighted by molar-refractivity contribution is 5.76. The quantitative estimate of drug-likeness (QED) is 0.0501. The monoisotopic (exact) mass is 892 g/mol. The minimum atomic E-state index is 0.343. The largest absolute Gasteiger partial charge is 0.341 e. The third kappa shape index (κ3) is 18.8. The van der Waals surface area contributed by atoms with Crippen LogP contribution < -0.4 is 4.90 Å². The molecule has 1 aliphatic carbocycles. The highest BCUT2D eigenvalue weighted by Gasteiger charge is 2.12. The summed E-state index contributed by atoms with van der Waals surface area (Å²) in [6.07, 6.45) is 36.1. The number of hydrogen-bond donors (Lipinski definition) is 0. The van der Waals surface area contributed by atoms with Gasteiger partial charge in [-0.15, -0.1) is 18.9 Å². The van der Waals surface area contributed by atoms with E-state index in [0.29, 0.717) is 12.3 Å². The van der Waals surface area contributed by atoms with Crippen LogP contribution in [0.25, 0.3) is 27.8 Å². The van der Waals surface area contributed by atoms with Gasteiger partial charge in [0.15, 0.2) is 0 Å². The number of aryl methyl sites for hydroxylation is 2. The van der Waals surface area contributed by atoms with Gasteiger partial charge in [0.05, 0.1) is 0 Å². The highest BCUT2D eigenvalue weighted by Crippen LogP contribution is 2.31. The summed E-state index contributed by atoms with van der Waals surface area (Å²) < 4.78 is 0. The van der Waals surface area contributed by atoms with Crippen molar-refractivity contribution in [1.82, 2.24) is 0 Å². The van der Waals surface area contributed by atoms with Crippen molar-refractivity contribution in [3.63, 3.8) is 0 Å². The van der Waals surface area contributed by atoms with Gasteiger partial charge in [-0.3, -0.25) is 0 Å². The fourth-order valence-corrected chi connectivity index (χ4v) is 7.51. The van der Waals surface area contributed by atoms with E-state index in [4.69, 9.17) is 6.42 Å². The summed E-state index contributed by atoms with van der Waals surface area (Å²) in [6, 6.07) is 56.6. The second-order valence-electron chi connectivity index (χ2n) is 16.7. The van der Waals surface area contributed by atoms with Gasteiger partial charge in [-0.1, -0.05) is 239 Å². The molecule has 0 amide bonds. The Balaban J connectivity index is 0.000000262. The zero-order valence-electron chi connectivity index (χ0n) is 41.2. The number of hydrogen-bond acceptors (Lipinski definition) is 1. The van der Waals surface area contributed by atoms with E-state index < -0.39 is 0 Å². The van der Waals surface area contributed by atoms with E-state index in [0.717, 1.165) is 38.1 Å². The van der Waals surface area contributed by atoms with Crippen molar-refractivity contribution >= 4 is 16.9 Å².